The van der Waals surface area contributed by atoms with Crippen LogP contribution in [0.4, 0.5) is 0 Å². The third-order valence-corrected chi connectivity index (χ3v) is 4.09. The highest BCUT2D eigenvalue weighted by Gasteiger charge is 2.23. The van der Waals surface area contributed by atoms with E-state index >= 15 is 0 Å². The first-order valence-electron chi connectivity index (χ1n) is 7.88. The number of guanidine groups is 1. The number of nitrogens with zero attached hydrogens (tertiary/aromatic N) is 2. The zero-order valence-electron chi connectivity index (χ0n) is 13.9. The van der Waals surface area contributed by atoms with E-state index in [0.29, 0.717) is 12.3 Å². The standard InChI is InChI=1S/C17H26N4O.HI/c1-13-5-7-14(8-6-13)11-20-17(19-2)21-9-3-4-15(12-21)10-16(18)22;/h5-8,15H,3-4,9-12H2,1-2H3,(H2,18,22)(H,19,20);1H. The van der Waals surface area contributed by atoms with Gasteiger partial charge in [-0.05, 0) is 31.2 Å². The summed E-state index contributed by atoms with van der Waals surface area (Å²) in [6, 6.07) is 8.48. The number of aryl methyl sites for hydroxylation is 1. The molecular weight excluding hydrogens is 403 g/mol. The number of nitrogens with one attached hydrogen (secondary N) is 1. The highest BCUT2D eigenvalue weighted by molar-refractivity contribution is 14.0. The summed E-state index contributed by atoms with van der Waals surface area (Å²) in [5.41, 5.74) is 7.82. The third kappa shape index (κ3) is 6.37. The minimum atomic E-state index is -0.213. The molecule has 1 aromatic rings. The summed E-state index contributed by atoms with van der Waals surface area (Å²) in [5.74, 6) is 1.02. The Morgan fingerprint density at radius 1 is 1.39 bits per heavy atom. The zero-order chi connectivity index (χ0) is 15.9. The lowest BCUT2D eigenvalue weighted by Gasteiger charge is -2.34. The maximum absolute atomic E-state index is 11.1. The van der Waals surface area contributed by atoms with Gasteiger partial charge in [0.15, 0.2) is 5.96 Å². The molecule has 0 bridgehead atoms. The van der Waals surface area contributed by atoms with Crippen molar-refractivity contribution in [2.45, 2.75) is 32.7 Å². The second-order valence-electron chi connectivity index (χ2n) is 6.01. The van der Waals surface area contributed by atoms with Crippen LogP contribution in [0, 0.1) is 12.8 Å². The number of primary amides is 1. The Morgan fingerprint density at radius 3 is 2.70 bits per heavy atom. The van der Waals surface area contributed by atoms with Gasteiger partial charge in [-0.2, -0.15) is 0 Å². The highest BCUT2D eigenvalue weighted by Crippen LogP contribution is 2.19. The molecule has 0 aliphatic carbocycles. The first-order valence-corrected chi connectivity index (χ1v) is 7.88. The van der Waals surface area contributed by atoms with Crippen molar-refractivity contribution in [2.75, 3.05) is 20.1 Å². The Bertz CT molecular complexity index is 530. The van der Waals surface area contributed by atoms with Gasteiger partial charge in [0.2, 0.25) is 5.91 Å². The van der Waals surface area contributed by atoms with E-state index in [1.54, 1.807) is 7.05 Å². The summed E-state index contributed by atoms with van der Waals surface area (Å²) in [4.78, 5) is 17.7. The van der Waals surface area contributed by atoms with E-state index in [1.807, 2.05) is 0 Å². The SMILES string of the molecule is CN=C(NCc1ccc(C)cc1)N1CCCC(CC(N)=O)C1.I. The number of carbonyl (C=O) groups excluding carboxylic acids is 1. The van der Waals surface area contributed by atoms with Gasteiger partial charge in [-0.25, -0.2) is 0 Å². The van der Waals surface area contributed by atoms with Crippen LogP contribution in [0.3, 0.4) is 0 Å². The molecule has 23 heavy (non-hydrogen) atoms. The number of halogens is 1. The number of aliphatic imine (C=N–C) groups is 1. The topological polar surface area (TPSA) is 70.7 Å². The summed E-state index contributed by atoms with van der Waals surface area (Å²) in [6.45, 7) is 4.66. The average molecular weight is 430 g/mol. The van der Waals surface area contributed by atoms with Gasteiger partial charge >= 0.3 is 0 Å². The molecule has 6 heteroatoms. The molecule has 1 fully saturated rings. The lowest BCUT2D eigenvalue weighted by atomic mass is 9.95. The number of benzene rings is 1. The van der Waals surface area contributed by atoms with E-state index in [2.05, 4.69) is 46.4 Å². The number of hydrogen-bond acceptors (Lipinski definition) is 2. The fourth-order valence-corrected chi connectivity index (χ4v) is 2.93. The molecule has 2 rings (SSSR count). The Balaban J connectivity index is 0.00000264. The van der Waals surface area contributed by atoms with Gasteiger partial charge in [-0.3, -0.25) is 9.79 Å². The summed E-state index contributed by atoms with van der Waals surface area (Å²) < 4.78 is 0. The van der Waals surface area contributed by atoms with E-state index < -0.39 is 0 Å². The largest absolute Gasteiger partial charge is 0.370 e. The van der Waals surface area contributed by atoms with Crippen LogP contribution in [0.25, 0.3) is 0 Å². The molecule has 1 heterocycles. The second-order valence-corrected chi connectivity index (χ2v) is 6.01. The van der Waals surface area contributed by atoms with Gasteiger partial charge in [-0.15, -0.1) is 24.0 Å². The Labute approximate surface area is 155 Å². The molecule has 1 aromatic carbocycles. The van der Waals surface area contributed by atoms with Crippen molar-refractivity contribution in [3.8, 4) is 0 Å². The second kappa shape index (κ2) is 9.75. The van der Waals surface area contributed by atoms with Crippen molar-refractivity contribution in [3.63, 3.8) is 0 Å². The van der Waals surface area contributed by atoms with Crippen LogP contribution >= 0.6 is 24.0 Å². The number of nitrogens with two attached hydrogens (primary N) is 1. The first-order chi connectivity index (χ1) is 10.6. The van der Waals surface area contributed by atoms with Gasteiger partial charge in [0.25, 0.3) is 0 Å². The van der Waals surface area contributed by atoms with Crippen molar-refractivity contribution < 1.29 is 4.79 Å². The predicted molar refractivity (Wildman–Crippen MR) is 105 cm³/mol. The molecule has 0 saturated carbocycles. The summed E-state index contributed by atoms with van der Waals surface area (Å²) in [5, 5.41) is 3.41. The Kier molecular flexibility index (Phi) is 8.36. The summed E-state index contributed by atoms with van der Waals surface area (Å²) in [6.07, 6.45) is 2.60. The van der Waals surface area contributed by atoms with E-state index in [9.17, 15) is 4.79 Å². The summed E-state index contributed by atoms with van der Waals surface area (Å²) >= 11 is 0. The summed E-state index contributed by atoms with van der Waals surface area (Å²) in [7, 11) is 1.80. The lowest BCUT2D eigenvalue weighted by Crippen LogP contribution is -2.46. The molecule has 5 nitrogen and oxygen atoms in total. The van der Waals surface area contributed by atoms with Crippen LogP contribution < -0.4 is 11.1 Å². The van der Waals surface area contributed by atoms with Crippen molar-refractivity contribution in [1.82, 2.24) is 10.2 Å². The van der Waals surface area contributed by atoms with Crippen LogP contribution in [0.1, 0.15) is 30.4 Å². The minimum absolute atomic E-state index is 0. The maximum atomic E-state index is 11.1. The van der Waals surface area contributed by atoms with Crippen molar-refractivity contribution in [2.24, 2.45) is 16.6 Å². The van der Waals surface area contributed by atoms with E-state index in [1.165, 1.54) is 11.1 Å². The van der Waals surface area contributed by atoms with Crippen LogP contribution in [0.15, 0.2) is 29.3 Å². The van der Waals surface area contributed by atoms with Crippen molar-refractivity contribution >= 4 is 35.8 Å². The van der Waals surface area contributed by atoms with Gasteiger partial charge < -0.3 is 16.0 Å². The number of hydrogen-bond donors (Lipinski definition) is 2. The average Bonchev–Trinajstić information content (AvgIpc) is 2.49. The normalized spacial score (nSPS) is 18.3. The van der Waals surface area contributed by atoms with Crippen LogP contribution in [-0.4, -0.2) is 36.9 Å². The molecule has 1 amide bonds. The fourth-order valence-electron chi connectivity index (χ4n) is 2.93. The first kappa shape index (κ1) is 19.7. The molecule has 1 unspecified atom stereocenters. The van der Waals surface area contributed by atoms with Crippen molar-refractivity contribution in [1.29, 1.82) is 0 Å². The van der Waals surface area contributed by atoms with Gasteiger partial charge in [0.1, 0.15) is 0 Å². The smallest absolute Gasteiger partial charge is 0.217 e. The molecule has 128 valence electrons. The molecule has 0 spiro atoms. The monoisotopic (exact) mass is 430 g/mol. The molecule has 0 aromatic heterocycles. The molecule has 0 radical (unpaired) electrons. The highest BCUT2D eigenvalue weighted by atomic mass is 127. The Hall–Kier alpha value is -1.31. The predicted octanol–water partition coefficient (Wildman–Crippen LogP) is 2.28. The molecule has 1 atom stereocenters. The number of likely N-dealkylation sites (tertiary alicyclic amines) is 1. The number of rotatable bonds is 4. The van der Waals surface area contributed by atoms with E-state index in [-0.39, 0.29) is 29.9 Å². The van der Waals surface area contributed by atoms with E-state index in [0.717, 1.165) is 38.4 Å². The fraction of sp³-hybridized carbons (Fsp3) is 0.529. The van der Waals surface area contributed by atoms with Crippen LogP contribution in [0.5, 0.6) is 0 Å². The van der Waals surface area contributed by atoms with Crippen LogP contribution in [0.2, 0.25) is 0 Å². The number of piperidine rings is 1. The van der Waals surface area contributed by atoms with Gasteiger partial charge in [0.05, 0.1) is 0 Å². The van der Waals surface area contributed by atoms with Gasteiger partial charge in [-0.1, -0.05) is 29.8 Å². The quantitative estimate of drug-likeness (QED) is 0.438. The third-order valence-electron chi connectivity index (χ3n) is 4.09. The number of carbonyl (C=O) groups is 1. The van der Waals surface area contributed by atoms with Gasteiger partial charge in [0, 0.05) is 33.1 Å². The maximum Gasteiger partial charge on any atom is 0.217 e. The molecule has 3 N–H and O–H groups in total. The number of amides is 1. The molecule has 1 aliphatic heterocycles. The lowest BCUT2D eigenvalue weighted by molar-refractivity contribution is -0.119. The van der Waals surface area contributed by atoms with E-state index in [4.69, 9.17) is 5.73 Å². The minimum Gasteiger partial charge on any atom is -0.370 e. The molecule has 1 aliphatic rings. The molecule has 1 saturated heterocycles. The zero-order valence-corrected chi connectivity index (χ0v) is 16.2. The van der Waals surface area contributed by atoms with Crippen molar-refractivity contribution in [3.05, 3.63) is 35.4 Å². The molecular formula is C17H27IN4O. The Morgan fingerprint density at radius 2 is 2.09 bits per heavy atom. The van der Waals surface area contributed by atoms with Crippen LogP contribution in [-0.2, 0) is 11.3 Å².